The monoisotopic (exact) mass is 289 g/mol. The fraction of sp³-hybridized carbons (Fsp3) is 0.647. The molecule has 1 aromatic carbocycles. The quantitative estimate of drug-likeness (QED) is 0.918. The minimum Gasteiger partial charge on any atom is -0.497 e. The largest absolute Gasteiger partial charge is 0.497 e. The maximum Gasteiger partial charge on any atom is 0.120 e. The normalized spacial score (nSPS) is 27.6. The Kier molecular flexibility index (Phi) is 4.66. The van der Waals surface area contributed by atoms with Crippen molar-refractivity contribution in [1.82, 2.24) is 10.2 Å². The van der Waals surface area contributed by atoms with Gasteiger partial charge in [0, 0.05) is 50.5 Å². The number of hydrogen-bond acceptors (Lipinski definition) is 4. The van der Waals surface area contributed by atoms with E-state index in [1.807, 2.05) is 6.07 Å². The van der Waals surface area contributed by atoms with E-state index in [-0.39, 0.29) is 0 Å². The second-order valence-corrected chi connectivity index (χ2v) is 6.26. The van der Waals surface area contributed by atoms with Gasteiger partial charge in [0.25, 0.3) is 0 Å². The molecule has 4 nitrogen and oxygen atoms in total. The maximum absolute atomic E-state index is 5.33. The highest BCUT2D eigenvalue weighted by molar-refractivity contribution is 5.51. The molecule has 2 aliphatic heterocycles. The molecule has 3 rings (SSSR count). The molecular formula is C17H27N3O. The molecule has 1 N–H and O–H groups in total. The molecule has 2 atom stereocenters. The lowest BCUT2D eigenvalue weighted by Crippen LogP contribution is -2.57. The van der Waals surface area contributed by atoms with Crippen molar-refractivity contribution >= 4 is 5.69 Å². The molecule has 0 amide bonds. The third-order valence-electron chi connectivity index (χ3n) is 4.99. The van der Waals surface area contributed by atoms with Gasteiger partial charge in [-0.05, 0) is 31.0 Å². The zero-order chi connectivity index (χ0) is 14.7. The molecule has 2 heterocycles. The summed E-state index contributed by atoms with van der Waals surface area (Å²) in [5.41, 5.74) is 1.28. The van der Waals surface area contributed by atoms with E-state index in [1.165, 1.54) is 18.7 Å². The zero-order valence-electron chi connectivity index (χ0n) is 13.2. The number of benzene rings is 1. The first kappa shape index (κ1) is 14.7. The molecule has 2 fully saturated rings. The Morgan fingerprint density at radius 1 is 1.19 bits per heavy atom. The minimum atomic E-state index is 0.714. The van der Waals surface area contributed by atoms with E-state index in [0.29, 0.717) is 6.04 Å². The number of nitrogens with one attached hydrogen (secondary N) is 1. The van der Waals surface area contributed by atoms with Gasteiger partial charge < -0.3 is 15.0 Å². The molecule has 0 saturated carbocycles. The summed E-state index contributed by atoms with van der Waals surface area (Å²) in [6, 6.07) is 9.12. The van der Waals surface area contributed by atoms with E-state index in [9.17, 15) is 0 Å². The highest BCUT2D eigenvalue weighted by atomic mass is 16.5. The van der Waals surface area contributed by atoms with E-state index in [4.69, 9.17) is 4.74 Å². The van der Waals surface area contributed by atoms with Gasteiger partial charge in [-0.3, -0.25) is 4.90 Å². The predicted molar refractivity (Wildman–Crippen MR) is 87.2 cm³/mol. The highest BCUT2D eigenvalue weighted by Crippen LogP contribution is 2.24. The van der Waals surface area contributed by atoms with Crippen molar-refractivity contribution in [2.45, 2.75) is 19.4 Å². The topological polar surface area (TPSA) is 27.7 Å². The number of methoxy groups -OCH3 is 1. The molecule has 0 radical (unpaired) electrons. The Bertz CT molecular complexity index is 457. The minimum absolute atomic E-state index is 0.714. The van der Waals surface area contributed by atoms with Crippen molar-refractivity contribution < 1.29 is 4.74 Å². The summed E-state index contributed by atoms with van der Waals surface area (Å²) in [6.07, 6.45) is 1.31. The molecular weight excluding hydrogens is 262 g/mol. The standard InChI is InChI=1S/C17H27N3O/c1-14-6-7-18-13-17(14)20-10-8-19(9-11-20)15-4-3-5-16(12-15)21-2/h3-5,12,14,17-18H,6-11,13H2,1-2H3. The lowest BCUT2D eigenvalue weighted by molar-refractivity contribution is 0.116. The van der Waals surface area contributed by atoms with Crippen LogP contribution in [0.1, 0.15) is 13.3 Å². The van der Waals surface area contributed by atoms with Crippen molar-refractivity contribution in [3.05, 3.63) is 24.3 Å². The van der Waals surface area contributed by atoms with Gasteiger partial charge in [0.1, 0.15) is 5.75 Å². The molecule has 1 aromatic rings. The van der Waals surface area contributed by atoms with Crippen LogP contribution in [0.15, 0.2) is 24.3 Å². The maximum atomic E-state index is 5.33. The summed E-state index contributed by atoms with van der Waals surface area (Å²) in [7, 11) is 1.73. The van der Waals surface area contributed by atoms with Crippen LogP contribution in [0.25, 0.3) is 0 Å². The molecule has 21 heavy (non-hydrogen) atoms. The van der Waals surface area contributed by atoms with Crippen LogP contribution in [0.2, 0.25) is 0 Å². The second-order valence-electron chi connectivity index (χ2n) is 6.26. The van der Waals surface area contributed by atoms with Crippen molar-refractivity contribution in [2.24, 2.45) is 5.92 Å². The molecule has 2 aliphatic rings. The third kappa shape index (κ3) is 3.33. The first-order valence-corrected chi connectivity index (χ1v) is 8.11. The lowest BCUT2D eigenvalue weighted by Gasteiger charge is -2.44. The van der Waals surface area contributed by atoms with Crippen LogP contribution in [-0.4, -0.2) is 57.3 Å². The molecule has 116 valence electrons. The summed E-state index contributed by atoms with van der Waals surface area (Å²) < 4.78 is 5.33. The van der Waals surface area contributed by atoms with Gasteiger partial charge in [0.2, 0.25) is 0 Å². The Morgan fingerprint density at radius 3 is 2.71 bits per heavy atom. The molecule has 2 unspecified atom stereocenters. The van der Waals surface area contributed by atoms with Crippen LogP contribution in [0, 0.1) is 5.92 Å². The van der Waals surface area contributed by atoms with Crippen molar-refractivity contribution in [1.29, 1.82) is 0 Å². The first-order valence-electron chi connectivity index (χ1n) is 8.11. The highest BCUT2D eigenvalue weighted by Gasteiger charge is 2.29. The van der Waals surface area contributed by atoms with E-state index in [2.05, 4.69) is 40.2 Å². The Labute approximate surface area is 128 Å². The Hall–Kier alpha value is -1.26. The third-order valence-corrected chi connectivity index (χ3v) is 4.99. The molecule has 2 saturated heterocycles. The summed E-state index contributed by atoms with van der Waals surface area (Å²) >= 11 is 0. The molecule has 0 aliphatic carbocycles. The summed E-state index contributed by atoms with van der Waals surface area (Å²) in [5.74, 6) is 1.76. The molecule has 0 spiro atoms. The Balaban J connectivity index is 1.59. The van der Waals surface area contributed by atoms with Crippen LogP contribution in [0.3, 0.4) is 0 Å². The van der Waals surface area contributed by atoms with Gasteiger partial charge in [-0.2, -0.15) is 0 Å². The molecule has 0 bridgehead atoms. The SMILES string of the molecule is COc1cccc(N2CCN(C3CNCCC3C)CC2)c1. The number of piperidine rings is 1. The zero-order valence-corrected chi connectivity index (χ0v) is 13.2. The number of anilines is 1. The van der Waals surface area contributed by atoms with Gasteiger partial charge in [-0.1, -0.05) is 13.0 Å². The number of piperazine rings is 1. The Morgan fingerprint density at radius 2 is 2.00 bits per heavy atom. The van der Waals surface area contributed by atoms with Gasteiger partial charge >= 0.3 is 0 Å². The van der Waals surface area contributed by atoms with Crippen LogP contribution < -0.4 is 15.0 Å². The summed E-state index contributed by atoms with van der Waals surface area (Å²) in [4.78, 5) is 5.15. The fourth-order valence-electron chi connectivity index (χ4n) is 3.58. The summed E-state index contributed by atoms with van der Waals surface area (Å²) in [5, 5.41) is 3.55. The molecule has 4 heteroatoms. The van der Waals surface area contributed by atoms with Gasteiger partial charge in [0.15, 0.2) is 0 Å². The van der Waals surface area contributed by atoms with Crippen LogP contribution in [-0.2, 0) is 0 Å². The van der Waals surface area contributed by atoms with Crippen LogP contribution in [0.5, 0.6) is 5.75 Å². The van der Waals surface area contributed by atoms with E-state index in [1.54, 1.807) is 7.11 Å². The van der Waals surface area contributed by atoms with E-state index in [0.717, 1.165) is 44.4 Å². The van der Waals surface area contributed by atoms with E-state index < -0.39 is 0 Å². The van der Waals surface area contributed by atoms with Gasteiger partial charge in [0.05, 0.1) is 7.11 Å². The van der Waals surface area contributed by atoms with E-state index >= 15 is 0 Å². The average molecular weight is 289 g/mol. The van der Waals surface area contributed by atoms with Crippen molar-refractivity contribution in [3.63, 3.8) is 0 Å². The number of hydrogen-bond donors (Lipinski definition) is 1. The predicted octanol–water partition coefficient (Wildman–Crippen LogP) is 1.82. The van der Waals surface area contributed by atoms with Crippen molar-refractivity contribution in [3.8, 4) is 5.75 Å². The smallest absolute Gasteiger partial charge is 0.120 e. The number of nitrogens with zero attached hydrogens (tertiary/aromatic N) is 2. The first-order chi connectivity index (χ1) is 10.3. The average Bonchev–Trinajstić information content (AvgIpc) is 2.56. The molecule has 0 aromatic heterocycles. The van der Waals surface area contributed by atoms with Crippen molar-refractivity contribution in [2.75, 3.05) is 51.3 Å². The number of rotatable bonds is 3. The van der Waals surface area contributed by atoms with Crippen LogP contribution in [0.4, 0.5) is 5.69 Å². The second kappa shape index (κ2) is 6.67. The summed E-state index contributed by atoms with van der Waals surface area (Å²) in [6.45, 7) is 9.27. The van der Waals surface area contributed by atoms with Gasteiger partial charge in [-0.25, -0.2) is 0 Å². The lowest BCUT2D eigenvalue weighted by atomic mass is 9.93. The van der Waals surface area contributed by atoms with Gasteiger partial charge in [-0.15, -0.1) is 0 Å². The fourth-order valence-corrected chi connectivity index (χ4v) is 3.58. The number of ether oxygens (including phenoxy) is 1. The van der Waals surface area contributed by atoms with Crippen LogP contribution >= 0.6 is 0 Å².